The second kappa shape index (κ2) is 3.89. The normalized spacial score (nSPS) is 17.7. The fourth-order valence-corrected chi connectivity index (χ4v) is 1.35. The third-order valence-corrected chi connectivity index (χ3v) is 2.34. The molecule has 3 radical (unpaired) electrons. The Morgan fingerprint density at radius 3 is 2.82 bits per heavy atom. The largest absolute Gasteiger partial charge is 0.375 e. The summed E-state index contributed by atoms with van der Waals surface area (Å²) in [4.78, 5) is 2.30. The smallest absolute Gasteiger partial charge is 0.0623 e. The highest BCUT2D eigenvalue weighted by Crippen LogP contribution is 2.23. The van der Waals surface area contributed by atoms with E-state index in [9.17, 15) is 0 Å². The number of likely N-dealkylation sites (tertiary alicyclic amines) is 1. The van der Waals surface area contributed by atoms with E-state index >= 15 is 0 Å². The number of allylic oxidation sites excluding steroid dienone is 1. The van der Waals surface area contributed by atoms with Crippen LogP contribution < -0.4 is 0 Å². The van der Waals surface area contributed by atoms with Crippen LogP contribution in [0.25, 0.3) is 0 Å². The second-order valence-electron chi connectivity index (χ2n) is 3.19. The van der Waals surface area contributed by atoms with Crippen LogP contribution in [0, 0.1) is 5.92 Å². The highest BCUT2D eigenvalue weighted by molar-refractivity contribution is 6.89. The average Bonchev–Trinajstić information content (AvgIpc) is 1.86. The lowest BCUT2D eigenvalue weighted by molar-refractivity contribution is 0.141. The minimum absolute atomic E-state index is 0.830. The van der Waals surface area contributed by atoms with Gasteiger partial charge in [-0.1, -0.05) is 19.8 Å². The Kier molecular flexibility index (Phi) is 3.10. The fraction of sp³-hybridized carbons (Fsp3) is 0.750. The Balaban J connectivity index is 2.16. The lowest BCUT2D eigenvalue weighted by Crippen LogP contribution is -2.45. The Morgan fingerprint density at radius 1 is 1.73 bits per heavy atom. The van der Waals surface area contributed by atoms with E-state index in [-0.39, 0.29) is 0 Å². The zero-order valence-electron chi connectivity index (χ0n) is 7.21. The van der Waals surface area contributed by atoms with Crippen LogP contribution in [0.15, 0.2) is 12.3 Å². The monoisotopic (exact) mass is 146 g/mol. The molecule has 0 saturated carbocycles. The first-order valence-electron chi connectivity index (χ1n) is 4.24. The summed E-state index contributed by atoms with van der Waals surface area (Å²) in [6.45, 7) is 8.55. The van der Waals surface area contributed by atoms with Gasteiger partial charge in [0.1, 0.15) is 0 Å². The summed E-state index contributed by atoms with van der Waals surface area (Å²) in [5.74, 6) is 0.893. The van der Waals surface area contributed by atoms with Gasteiger partial charge in [0.2, 0.25) is 0 Å². The Bertz CT molecular complexity index is 141. The van der Waals surface area contributed by atoms with Gasteiger partial charge in [-0.2, -0.15) is 0 Å². The van der Waals surface area contributed by atoms with E-state index in [1.54, 1.807) is 7.17 Å². The quantitative estimate of drug-likeness (QED) is 0.535. The van der Waals surface area contributed by atoms with Crippen molar-refractivity contribution in [3.63, 3.8) is 0 Å². The molecule has 57 valence electrons. The first-order chi connectivity index (χ1) is 5.27. The first-order valence-corrected chi connectivity index (χ1v) is 4.24. The predicted molar refractivity (Wildman–Crippen MR) is 50.8 cm³/mol. The van der Waals surface area contributed by atoms with Gasteiger partial charge in [0, 0.05) is 20.8 Å². The molecule has 1 saturated heterocycles. The number of rotatable bonds is 4. The molecule has 0 spiro atoms. The van der Waals surface area contributed by atoms with Gasteiger partial charge in [0.25, 0.3) is 0 Å². The molecule has 0 aromatic heterocycles. The van der Waals surface area contributed by atoms with Gasteiger partial charge in [-0.05, 0) is 18.0 Å². The van der Waals surface area contributed by atoms with Crippen molar-refractivity contribution < 1.29 is 0 Å². The Hall–Kier alpha value is -0.330. The minimum atomic E-state index is 0.830. The fourth-order valence-electron chi connectivity index (χ4n) is 1.35. The lowest BCUT2D eigenvalue weighted by Gasteiger charge is -2.42. The van der Waals surface area contributed by atoms with Gasteiger partial charge in [-0.3, -0.25) is 0 Å². The van der Waals surface area contributed by atoms with Gasteiger partial charge in [-0.15, -0.1) is 0 Å². The molecule has 0 bridgehead atoms. The van der Waals surface area contributed by atoms with Crippen LogP contribution in [0.1, 0.15) is 13.3 Å². The molecule has 0 N–H and O–H groups in total. The molecule has 1 fully saturated rings. The third-order valence-electron chi connectivity index (χ3n) is 2.34. The van der Waals surface area contributed by atoms with E-state index in [0.29, 0.717) is 0 Å². The van der Waals surface area contributed by atoms with Crippen molar-refractivity contribution in [1.29, 1.82) is 0 Å². The van der Waals surface area contributed by atoms with Crippen LogP contribution in [-0.4, -0.2) is 32.9 Å². The van der Waals surface area contributed by atoms with E-state index in [4.69, 9.17) is 7.74 Å². The molecular weight excluding hydrogens is 132 g/mol. The number of hydrogen-bond donors (Lipinski definition) is 0. The summed E-state index contributed by atoms with van der Waals surface area (Å²) in [7, 11) is 6.97. The lowest BCUT2D eigenvalue weighted by atomic mass is 9.53. The topological polar surface area (TPSA) is 3.24 Å². The molecule has 11 heavy (non-hydrogen) atoms. The van der Waals surface area contributed by atoms with Gasteiger partial charge in [0.15, 0.2) is 0 Å². The van der Waals surface area contributed by atoms with Gasteiger partial charge < -0.3 is 4.90 Å². The van der Waals surface area contributed by atoms with E-state index in [1.165, 1.54) is 19.5 Å². The standard InChI is InChI=1S/C8H14B2N/c1-3-8-5-11(6-8)7(2)4-10-9/h8H,2-6H2,1H3. The molecule has 0 atom stereocenters. The van der Waals surface area contributed by atoms with Crippen molar-refractivity contribution in [2.45, 2.75) is 19.7 Å². The summed E-state index contributed by atoms with van der Waals surface area (Å²) in [5, 5.41) is 0. The molecule has 1 rings (SSSR count). The molecule has 0 amide bonds. The van der Waals surface area contributed by atoms with Crippen LogP contribution >= 0.6 is 0 Å². The van der Waals surface area contributed by atoms with Crippen LogP contribution in [-0.2, 0) is 0 Å². The van der Waals surface area contributed by atoms with Gasteiger partial charge in [-0.25, -0.2) is 0 Å². The highest BCUT2D eigenvalue weighted by atomic mass is 15.2. The van der Waals surface area contributed by atoms with E-state index in [1.807, 2.05) is 0 Å². The van der Waals surface area contributed by atoms with Crippen molar-refractivity contribution >= 4 is 14.9 Å². The SMILES string of the molecule is [B][B]CC(=C)N1CC(CC)C1. The summed E-state index contributed by atoms with van der Waals surface area (Å²) < 4.78 is 0. The average molecular weight is 146 g/mol. The number of nitrogens with zero attached hydrogens (tertiary/aromatic N) is 1. The van der Waals surface area contributed by atoms with Crippen molar-refractivity contribution in [3.8, 4) is 0 Å². The van der Waals surface area contributed by atoms with Crippen molar-refractivity contribution in [2.75, 3.05) is 13.1 Å². The zero-order valence-corrected chi connectivity index (χ0v) is 7.21. The maximum atomic E-state index is 5.30. The van der Waals surface area contributed by atoms with Crippen LogP contribution in [0.4, 0.5) is 0 Å². The third kappa shape index (κ3) is 2.05. The highest BCUT2D eigenvalue weighted by Gasteiger charge is 2.24. The molecule has 0 aromatic carbocycles. The maximum Gasteiger partial charge on any atom is 0.0623 e. The zero-order chi connectivity index (χ0) is 8.27. The van der Waals surface area contributed by atoms with Crippen LogP contribution in [0.2, 0.25) is 6.32 Å². The van der Waals surface area contributed by atoms with E-state index < -0.39 is 0 Å². The molecule has 1 aliphatic rings. The molecule has 0 unspecified atom stereocenters. The Morgan fingerprint density at radius 2 is 2.36 bits per heavy atom. The van der Waals surface area contributed by atoms with Crippen molar-refractivity contribution in [2.24, 2.45) is 5.92 Å². The molecule has 3 heteroatoms. The molecule has 0 aliphatic carbocycles. The molecular formula is C8H14B2N. The predicted octanol–water partition coefficient (Wildman–Crippen LogP) is 1.05. The van der Waals surface area contributed by atoms with E-state index in [2.05, 4.69) is 18.4 Å². The number of hydrogen-bond acceptors (Lipinski definition) is 1. The Labute approximate surface area is 71.5 Å². The molecule has 1 nitrogen and oxygen atoms in total. The second-order valence-corrected chi connectivity index (χ2v) is 3.19. The van der Waals surface area contributed by atoms with Crippen molar-refractivity contribution in [3.05, 3.63) is 12.3 Å². The summed E-state index contributed by atoms with van der Waals surface area (Å²) in [5.41, 5.74) is 1.16. The minimum Gasteiger partial charge on any atom is -0.375 e. The van der Waals surface area contributed by atoms with Crippen LogP contribution in [0.3, 0.4) is 0 Å². The molecule has 0 aromatic rings. The summed E-state index contributed by atoms with van der Waals surface area (Å²) in [6.07, 6.45) is 2.12. The summed E-state index contributed by atoms with van der Waals surface area (Å²) >= 11 is 0. The van der Waals surface area contributed by atoms with E-state index in [0.717, 1.165) is 17.9 Å². The molecule has 1 heterocycles. The van der Waals surface area contributed by atoms with Gasteiger partial charge >= 0.3 is 0 Å². The van der Waals surface area contributed by atoms with Crippen LogP contribution in [0.5, 0.6) is 0 Å². The first kappa shape index (κ1) is 8.76. The van der Waals surface area contributed by atoms with Gasteiger partial charge in [0.05, 0.1) is 7.17 Å². The molecule has 1 aliphatic heterocycles. The van der Waals surface area contributed by atoms with Crippen molar-refractivity contribution in [1.82, 2.24) is 4.90 Å². The maximum absolute atomic E-state index is 5.30. The summed E-state index contributed by atoms with van der Waals surface area (Å²) in [6, 6.07) is 0.